The maximum absolute atomic E-state index is 6.06. The van der Waals surface area contributed by atoms with Gasteiger partial charge in [-0.3, -0.25) is 4.90 Å². The minimum atomic E-state index is 0.410. The number of hydrogen-bond acceptors (Lipinski definition) is 4. The fourth-order valence-corrected chi connectivity index (χ4v) is 3.70. The van der Waals surface area contributed by atoms with Crippen molar-refractivity contribution in [2.24, 2.45) is 11.1 Å². The van der Waals surface area contributed by atoms with E-state index in [-0.39, 0.29) is 0 Å². The van der Waals surface area contributed by atoms with Gasteiger partial charge in [-0.05, 0) is 36.9 Å². The van der Waals surface area contributed by atoms with E-state index in [9.17, 15) is 0 Å². The molecule has 4 heteroatoms. The fourth-order valence-electron chi connectivity index (χ4n) is 3.70. The van der Waals surface area contributed by atoms with Gasteiger partial charge in [0, 0.05) is 38.9 Å². The van der Waals surface area contributed by atoms with Crippen molar-refractivity contribution in [3.63, 3.8) is 0 Å². The van der Waals surface area contributed by atoms with Crippen molar-refractivity contribution >= 4 is 5.82 Å². The summed E-state index contributed by atoms with van der Waals surface area (Å²) in [6.07, 6.45) is 7.26. The van der Waals surface area contributed by atoms with Crippen molar-refractivity contribution in [3.05, 3.63) is 24.4 Å². The zero-order valence-corrected chi connectivity index (χ0v) is 12.3. The lowest BCUT2D eigenvalue weighted by molar-refractivity contribution is 0.151. The highest BCUT2D eigenvalue weighted by Crippen LogP contribution is 2.38. The molecule has 3 rings (SSSR count). The van der Waals surface area contributed by atoms with Crippen LogP contribution in [0.25, 0.3) is 0 Å². The molecule has 0 atom stereocenters. The van der Waals surface area contributed by atoms with Gasteiger partial charge in [-0.15, -0.1) is 0 Å². The summed E-state index contributed by atoms with van der Waals surface area (Å²) in [5.74, 6) is 1.11. The lowest BCUT2D eigenvalue weighted by atomic mass is 9.85. The van der Waals surface area contributed by atoms with Crippen molar-refractivity contribution in [1.82, 2.24) is 9.88 Å². The summed E-state index contributed by atoms with van der Waals surface area (Å²) >= 11 is 0. The quantitative estimate of drug-likeness (QED) is 0.908. The van der Waals surface area contributed by atoms with Gasteiger partial charge in [0.05, 0.1) is 0 Å². The van der Waals surface area contributed by atoms with Gasteiger partial charge in [-0.2, -0.15) is 0 Å². The van der Waals surface area contributed by atoms with Crippen molar-refractivity contribution in [2.45, 2.75) is 25.7 Å². The number of piperazine rings is 1. The van der Waals surface area contributed by atoms with E-state index >= 15 is 0 Å². The van der Waals surface area contributed by atoms with E-state index in [2.05, 4.69) is 26.9 Å². The van der Waals surface area contributed by atoms with Crippen LogP contribution in [0.4, 0.5) is 5.82 Å². The summed E-state index contributed by atoms with van der Waals surface area (Å²) in [7, 11) is 0. The van der Waals surface area contributed by atoms with Gasteiger partial charge in [-0.25, -0.2) is 4.98 Å². The van der Waals surface area contributed by atoms with Crippen molar-refractivity contribution < 1.29 is 0 Å². The molecule has 1 aliphatic carbocycles. The van der Waals surface area contributed by atoms with Gasteiger partial charge >= 0.3 is 0 Å². The molecule has 110 valence electrons. The molecule has 1 aromatic heterocycles. The van der Waals surface area contributed by atoms with Gasteiger partial charge in [0.25, 0.3) is 0 Å². The molecule has 2 heterocycles. The summed E-state index contributed by atoms with van der Waals surface area (Å²) in [5, 5.41) is 0. The van der Waals surface area contributed by atoms with Crippen LogP contribution in [0, 0.1) is 5.41 Å². The van der Waals surface area contributed by atoms with E-state index in [0.29, 0.717) is 5.41 Å². The Balaban J connectivity index is 1.54. The van der Waals surface area contributed by atoms with Crippen LogP contribution < -0.4 is 10.6 Å². The predicted octanol–water partition coefficient (Wildman–Crippen LogP) is 1.72. The number of anilines is 1. The van der Waals surface area contributed by atoms with Crippen LogP contribution in [0.5, 0.6) is 0 Å². The summed E-state index contributed by atoms with van der Waals surface area (Å²) < 4.78 is 0. The first-order valence-corrected chi connectivity index (χ1v) is 7.90. The molecular weight excluding hydrogens is 248 g/mol. The molecule has 0 unspecified atom stereocenters. The molecule has 4 nitrogen and oxygen atoms in total. The van der Waals surface area contributed by atoms with Crippen LogP contribution in [-0.2, 0) is 0 Å². The highest BCUT2D eigenvalue weighted by Gasteiger charge is 2.35. The SMILES string of the molecule is NCC1(CN2CCN(c3ccccn3)CC2)CCCC1. The van der Waals surface area contributed by atoms with Crippen molar-refractivity contribution in [1.29, 1.82) is 0 Å². The maximum Gasteiger partial charge on any atom is 0.128 e. The first kappa shape index (κ1) is 13.8. The number of hydrogen-bond donors (Lipinski definition) is 1. The number of nitrogens with zero attached hydrogens (tertiary/aromatic N) is 3. The Bertz CT molecular complexity index is 406. The fraction of sp³-hybridized carbons (Fsp3) is 0.688. The van der Waals surface area contributed by atoms with Crippen LogP contribution in [0.1, 0.15) is 25.7 Å². The smallest absolute Gasteiger partial charge is 0.128 e. The van der Waals surface area contributed by atoms with E-state index < -0.39 is 0 Å². The molecule has 0 bridgehead atoms. The lowest BCUT2D eigenvalue weighted by Crippen LogP contribution is -2.51. The third-order valence-corrected chi connectivity index (χ3v) is 5.00. The van der Waals surface area contributed by atoms with Gasteiger partial charge in [0.1, 0.15) is 5.82 Å². The largest absolute Gasteiger partial charge is 0.354 e. The molecule has 2 N–H and O–H groups in total. The average Bonchev–Trinajstić information content (AvgIpc) is 2.98. The summed E-state index contributed by atoms with van der Waals surface area (Å²) in [6.45, 7) is 6.49. The molecule has 1 saturated heterocycles. The molecule has 0 aromatic carbocycles. The molecular formula is C16H26N4. The Hall–Kier alpha value is -1.13. The zero-order valence-electron chi connectivity index (χ0n) is 12.3. The normalized spacial score (nSPS) is 23.1. The highest BCUT2D eigenvalue weighted by molar-refractivity contribution is 5.38. The highest BCUT2D eigenvalue weighted by atomic mass is 15.3. The maximum atomic E-state index is 6.06. The number of nitrogens with two attached hydrogens (primary N) is 1. The Morgan fingerprint density at radius 1 is 1.10 bits per heavy atom. The molecule has 2 aliphatic rings. The second-order valence-corrected chi connectivity index (χ2v) is 6.36. The van der Waals surface area contributed by atoms with Gasteiger partial charge in [0.2, 0.25) is 0 Å². The summed E-state index contributed by atoms with van der Waals surface area (Å²) in [6, 6.07) is 6.15. The summed E-state index contributed by atoms with van der Waals surface area (Å²) in [4.78, 5) is 9.45. The number of pyridine rings is 1. The predicted molar refractivity (Wildman–Crippen MR) is 82.8 cm³/mol. The van der Waals surface area contributed by atoms with Gasteiger partial charge < -0.3 is 10.6 Å². The lowest BCUT2D eigenvalue weighted by Gasteiger charge is -2.40. The first-order valence-electron chi connectivity index (χ1n) is 7.90. The van der Waals surface area contributed by atoms with E-state index in [4.69, 9.17) is 5.73 Å². The van der Waals surface area contributed by atoms with Crippen LogP contribution in [0.3, 0.4) is 0 Å². The Morgan fingerprint density at radius 3 is 2.45 bits per heavy atom. The van der Waals surface area contributed by atoms with E-state index in [1.807, 2.05) is 12.3 Å². The topological polar surface area (TPSA) is 45.4 Å². The van der Waals surface area contributed by atoms with Crippen LogP contribution in [0.2, 0.25) is 0 Å². The first-order chi connectivity index (χ1) is 9.81. The minimum Gasteiger partial charge on any atom is -0.354 e. The third kappa shape index (κ3) is 2.96. The minimum absolute atomic E-state index is 0.410. The second-order valence-electron chi connectivity index (χ2n) is 6.36. The molecule has 1 aromatic rings. The zero-order chi connectivity index (χ0) is 13.8. The standard InChI is InChI=1S/C16H26N4/c17-13-16(6-2-3-7-16)14-19-9-11-20(12-10-19)15-5-1-4-8-18-15/h1,4-5,8H,2-3,6-7,9-14,17H2. The van der Waals surface area contributed by atoms with E-state index in [1.165, 1.54) is 32.2 Å². The Labute approximate surface area is 122 Å². The molecule has 0 spiro atoms. The van der Waals surface area contributed by atoms with Crippen molar-refractivity contribution in [3.8, 4) is 0 Å². The molecule has 2 fully saturated rings. The average molecular weight is 274 g/mol. The second kappa shape index (κ2) is 6.10. The number of aromatic nitrogens is 1. The molecule has 0 amide bonds. The molecule has 1 saturated carbocycles. The molecule has 1 aliphatic heterocycles. The number of rotatable bonds is 4. The van der Waals surface area contributed by atoms with Crippen LogP contribution in [-0.4, -0.2) is 49.2 Å². The molecule has 0 radical (unpaired) electrons. The van der Waals surface area contributed by atoms with E-state index in [0.717, 1.165) is 38.5 Å². The van der Waals surface area contributed by atoms with E-state index in [1.54, 1.807) is 0 Å². The summed E-state index contributed by atoms with van der Waals surface area (Å²) in [5.41, 5.74) is 6.47. The molecule has 20 heavy (non-hydrogen) atoms. The van der Waals surface area contributed by atoms with Crippen molar-refractivity contribution in [2.75, 3.05) is 44.2 Å². The van der Waals surface area contributed by atoms with Gasteiger partial charge in [0.15, 0.2) is 0 Å². The Morgan fingerprint density at radius 2 is 1.85 bits per heavy atom. The van der Waals surface area contributed by atoms with Crippen LogP contribution in [0.15, 0.2) is 24.4 Å². The van der Waals surface area contributed by atoms with Gasteiger partial charge in [-0.1, -0.05) is 18.9 Å². The Kier molecular flexibility index (Phi) is 4.22. The van der Waals surface area contributed by atoms with Crippen LogP contribution >= 0.6 is 0 Å². The third-order valence-electron chi connectivity index (χ3n) is 5.00. The monoisotopic (exact) mass is 274 g/mol.